The van der Waals surface area contributed by atoms with Crippen LogP contribution in [-0.4, -0.2) is 75.5 Å². The second-order valence-corrected chi connectivity index (χ2v) is 6.38. The molecule has 3 fully saturated rings. The van der Waals surface area contributed by atoms with E-state index in [2.05, 4.69) is 5.32 Å². The number of fused-ring (bicyclic) bond motifs is 2. The van der Waals surface area contributed by atoms with E-state index in [0.29, 0.717) is 38.9 Å². The van der Waals surface area contributed by atoms with E-state index in [1.165, 1.54) is 11.8 Å². The third-order valence-corrected chi connectivity index (χ3v) is 4.94. The van der Waals surface area contributed by atoms with Gasteiger partial charge in [-0.15, -0.1) is 0 Å². The number of nitrogens with one attached hydrogen (secondary N) is 2. The van der Waals surface area contributed by atoms with Crippen molar-refractivity contribution in [2.75, 3.05) is 19.6 Å². The SMILES string of the molecule is CC(=O)N1CC[C@H](C(=O)NC(=N)[C@@H]2CC[C@@H]3CN2C(=O)N3O)C1. The lowest BCUT2D eigenvalue weighted by atomic mass is 9.99. The van der Waals surface area contributed by atoms with Gasteiger partial charge in [0.05, 0.1) is 18.0 Å². The Hall–Kier alpha value is -2.16. The van der Waals surface area contributed by atoms with Gasteiger partial charge in [-0.3, -0.25) is 20.2 Å². The van der Waals surface area contributed by atoms with Crippen LogP contribution < -0.4 is 5.32 Å². The summed E-state index contributed by atoms with van der Waals surface area (Å²) in [6, 6.07) is -1.24. The van der Waals surface area contributed by atoms with Crippen LogP contribution in [0.2, 0.25) is 0 Å². The van der Waals surface area contributed by atoms with Crippen LogP contribution in [0.3, 0.4) is 0 Å². The summed E-state index contributed by atoms with van der Waals surface area (Å²) in [6.07, 6.45) is 1.72. The summed E-state index contributed by atoms with van der Waals surface area (Å²) in [5.41, 5.74) is 0. The molecule has 4 amide bonds. The second-order valence-electron chi connectivity index (χ2n) is 6.38. The first-order valence-electron chi connectivity index (χ1n) is 7.82. The average molecular weight is 323 g/mol. The molecule has 3 heterocycles. The van der Waals surface area contributed by atoms with E-state index in [1.54, 1.807) is 4.90 Å². The lowest BCUT2D eigenvalue weighted by Gasteiger charge is -2.31. The van der Waals surface area contributed by atoms with E-state index in [-0.39, 0.29) is 29.6 Å². The van der Waals surface area contributed by atoms with Gasteiger partial charge in [0.2, 0.25) is 11.8 Å². The molecule has 0 unspecified atom stereocenters. The number of carbonyl (C=O) groups is 3. The Bertz CT molecular complexity index is 565. The van der Waals surface area contributed by atoms with E-state index in [0.717, 1.165) is 5.06 Å². The molecule has 0 aromatic carbocycles. The molecule has 3 aliphatic rings. The summed E-state index contributed by atoms with van der Waals surface area (Å²) in [5, 5.41) is 21.1. The zero-order chi connectivity index (χ0) is 16.7. The van der Waals surface area contributed by atoms with Gasteiger partial charge >= 0.3 is 6.03 Å². The predicted molar refractivity (Wildman–Crippen MR) is 78.8 cm³/mol. The van der Waals surface area contributed by atoms with Crippen molar-refractivity contribution in [3.63, 3.8) is 0 Å². The van der Waals surface area contributed by atoms with Crippen molar-refractivity contribution in [2.24, 2.45) is 5.92 Å². The molecule has 0 spiro atoms. The Morgan fingerprint density at radius 1 is 1.26 bits per heavy atom. The number of likely N-dealkylation sites (tertiary alicyclic amines) is 1. The molecular formula is C14H21N5O4. The highest BCUT2D eigenvalue weighted by atomic mass is 16.5. The van der Waals surface area contributed by atoms with Crippen LogP contribution in [0, 0.1) is 11.3 Å². The van der Waals surface area contributed by atoms with Gasteiger partial charge in [-0.2, -0.15) is 0 Å². The summed E-state index contributed by atoms with van der Waals surface area (Å²) in [7, 11) is 0. The highest BCUT2D eigenvalue weighted by Gasteiger charge is 2.46. The maximum absolute atomic E-state index is 12.3. The van der Waals surface area contributed by atoms with Crippen molar-refractivity contribution in [3.05, 3.63) is 0 Å². The number of carbonyl (C=O) groups excluding carboxylic acids is 3. The fraction of sp³-hybridized carbons (Fsp3) is 0.714. The Labute approximate surface area is 133 Å². The summed E-state index contributed by atoms with van der Waals surface area (Å²) in [5.74, 6) is -0.676. The monoisotopic (exact) mass is 323 g/mol. The fourth-order valence-electron chi connectivity index (χ4n) is 3.53. The number of hydrogen-bond acceptors (Lipinski definition) is 5. The fourth-order valence-corrected chi connectivity index (χ4v) is 3.53. The smallest absolute Gasteiger partial charge is 0.342 e. The maximum Gasteiger partial charge on any atom is 0.344 e. The van der Waals surface area contributed by atoms with E-state index >= 15 is 0 Å². The lowest BCUT2D eigenvalue weighted by Crippen LogP contribution is -2.51. The number of amides is 4. The first-order valence-corrected chi connectivity index (χ1v) is 7.82. The predicted octanol–water partition coefficient (Wildman–Crippen LogP) is -0.394. The van der Waals surface area contributed by atoms with Crippen LogP contribution in [0.25, 0.3) is 0 Å². The van der Waals surface area contributed by atoms with Gasteiger partial charge in [-0.1, -0.05) is 0 Å². The minimum Gasteiger partial charge on any atom is -0.342 e. The average Bonchev–Trinajstić information content (AvgIpc) is 3.09. The molecule has 0 radical (unpaired) electrons. The zero-order valence-electron chi connectivity index (χ0n) is 13.0. The number of hydrogen-bond donors (Lipinski definition) is 3. The van der Waals surface area contributed by atoms with E-state index in [4.69, 9.17) is 5.41 Å². The summed E-state index contributed by atoms with van der Waals surface area (Å²) in [6.45, 7) is 2.77. The zero-order valence-corrected chi connectivity index (χ0v) is 13.0. The normalized spacial score (nSPS) is 29.9. The second kappa shape index (κ2) is 5.80. The molecule has 0 aromatic rings. The number of rotatable bonds is 2. The molecule has 3 rings (SSSR count). The van der Waals surface area contributed by atoms with Crippen LogP contribution in [0.1, 0.15) is 26.2 Å². The third-order valence-electron chi connectivity index (χ3n) is 4.94. The molecule has 3 N–H and O–H groups in total. The molecule has 0 aromatic heterocycles. The molecule has 2 bridgehead atoms. The third kappa shape index (κ3) is 2.76. The van der Waals surface area contributed by atoms with Crippen molar-refractivity contribution in [1.29, 1.82) is 5.41 Å². The summed E-state index contributed by atoms with van der Waals surface area (Å²) < 4.78 is 0. The van der Waals surface area contributed by atoms with Gasteiger partial charge in [0.25, 0.3) is 0 Å². The van der Waals surface area contributed by atoms with E-state index in [1.807, 2.05) is 0 Å². The lowest BCUT2D eigenvalue weighted by molar-refractivity contribution is -0.128. The number of amidine groups is 1. The Balaban J connectivity index is 1.58. The van der Waals surface area contributed by atoms with E-state index < -0.39 is 12.1 Å². The Morgan fingerprint density at radius 2 is 2.00 bits per heavy atom. The van der Waals surface area contributed by atoms with Gasteiger partial charge in [0.15, 0.2) is 0 Å². The number of urea groups is 1. The topological polar surface area (TPSA) is 117 Å². The quantitative estimate of drug-likeness (QED) is 0.364. The molecular weight excluding hydrogens is 302 g/mol. The summed E-state index contributed by atoms with van der Waals surface area (Å²) in [4.78, 5) is 38.5. The minimum atomic E-state index is -0.514. The summed E-state index contributed by atoms with van der Waals surface area (Å²) >= 11 is 0. The minimum absolute atomic E-state index is 0.0154. The van der Waals surface area contributed by atoms with Crippen molar-refractivity contribution in [2.45, 2.75) is 38.3 Å². The van der Waals surface area contributed by atoms with Crippen LogP contribution in [0.15, 0.2) is 0 Å². The van der Waals surface area contributed by atoms with Crippen LogP contribution in [0.4, 0.5) is 4.79 Å². The first kappa shape index (κ1) is 15.7. The molecule has 126 valence electrons. The molecule has 9 nitrogen and oxygen atoms in total. The highest BCUT2D eigenvalue weighted by molar-refractivity contribution is 6.02. The number of nitrogens with zero attached hydrogens (tertiary/aromatic N) is 3. The molecule has 0 aliphatic carbocycles. The van der Waals surface area contributed by atoms with E-state index in [9.17, 15) is 19.6 Å². The number of hydroxylamine groups is 2. The van der Waals surface area contributed by atoms with Gasteiger partial charge in [-0.25, -0.2) is 9.86 Å². The largest absolute Gasteiger partial charge is 0.344 e. The van der Waals surface area contributed by atoms with Crippen molar-refractivity contribution >= 4 is 23.7 Å². The molecule has 0 saturated carbocycles. The van der Waals surface area contributed by atoms with Gasteiger partial charge in [0.1, 0.15) is 5.84 Å². The highest BCUT2D eigenvalue weighted by Crippen LogP contribution is 2.28. The number of piperidine rings is 1. The molecule has 3 aliphatic heterocycles. The molecule has 3 saturated heterocycles. The van der Waals surface area contributed by atoms with Crippen molar-refractivity contribution in [1.82, 2.24) is 20.2 Å². The maximum atomic E-state index is 12.3. The van der Waals surface area contributed by atoms with Gasteiger partial charge in [-0.05, 0) is 19.3 Å². The standard InChI is InChI=1S/C14H21N5O4/c1-8(20)17-5-4-9(6-17)13(21)16-12(15)11-3-2-10-7-18(11)14(22)19(10)23/h9-11,23H,2-7H2,1H3,(H2,15,16,21)/t9-,10+,11-/m0/s1. The van der Waals surface area contributed by atoms with Crippen molar-refractivity contribution < 1.29 is 19.6 Å². The molecule has 23 heavy (non-hydrogen) atoms. The Kier molecular flexibility index (Phi) is 3.97. The van der Waals surface area contributed by atoms with Crippen LogP contribution in [0.5, 0.6) is 0 Å². The van der Waals surface area contributed by atoms with Gasteiger partial charge in [0, 0.05) is 26.6 Å². The molecule has 3 atom stereocenters. The first-order chi connectivity index (χ1) is 10.9. The molecule has 9 heteroatoms. The van der Waals surface area contributed by atoms with Crippen LogP contribution >= 0.6 is 0 Å². The van der Waals surface area contributed by atoms with Crippen molar-refractivity contribution in [3.8, 4) is 0 Å². The Morgan fingerprint density at radius 3 is 2.65 bits per heavy atom. The van der Waals surface area contributed by atoms with Gasteiger partial charge < -0.3 is 15.1 Å². The van der Waals surface area contributed by atoms with Crippen LogP contribution in [-0.2, 0) is 9.59 Å².